The number of nitrogens with zero attached hydrogens (tertiary/aromatic N) is 2. The third-order valence-corrected chi connectivity index (χ3v) is 4.14. The molecule has 0 spiro atoms. The molecule has 1 N–H and O–H groups in total. The molecule has 0 aromatic heterocycles. The highest BCUT2D eigenvalue weighted by molar-refractivity contribution is 5.74. The molecule has 0 saturated heterocycles. The number of rotatable bonds is 8. The van der Waals surface area contributed by atoms with Gasteiger partial charge < -0.3 is 19.6 Å². The van der Waals surface area contributed by atoms with Gasteiger partial charge in [0, 0.05) is 19.1 Å². The summed E-state index contributed by atoms with van der Waals surface area (Å²) in [6.07, 6.45) is 4.31. The van der Waals surface area contributed by atoms with Gasteiger partial charge in [-0.25, -0.2) is 4.79 Å². The maximum absolute atomic E-state index is 12.4. The fraction of sp³-hybridized carbons (Fsp3) is 0.938. The molecule has 0 heterocycles. The molecule has 124 valence electrons. The van der Waals surface area contributed by atoms with Crippen molar-refractivity contribution in [1.29, 1.82) is 0 Å². The monoisotopic (exact) mass is 300 g/mol. The molecule has 1 aliphatic carbocycles. The fourth-order valence-electron chi connectivity index (χ4n) is 2.77. The van der Waals surface area contributed by atoms with Gasteiger partial charge >= 0.3 is 6.03 Å². The minimum absolute atomic E-state index is 0.00471. The lowest BCUT2D eigenvalue weighted by atomic mass is 10.2. The van der Waals surface area contributed by atoms with Crippen LogP contribution in [0.15, 0.2) is 0 Å². The molecule has 1 fully saturated rings. The van der Waals surface area contributed by atoms with E-state index in [-0.39, 0.29) is 12.1 Å². The van der Waals surface area contributed by atoms with E-state index < -0.39 is 6.10 Å². The zero-order chi connectivity index (χ0) is 15.8. The Kier molecular flexibility index (Phi) is 8.04. The first kappa shape index (κ1) is 18.2. The van der Waals surface area contributed by atoms with Crippen LogP contribution >= 0.6 is 0 Å². The van der Waals surface area contributed by atoms with Gasteiger partial charge in [0.2, 0.25) is 0 Å². The summed E-state index contributed by atoms with van der Waals surface area (Å²) >= 11 is 0. The van der Waals surface area contributed by atoms with Gasteiger partial charge in [0.05, 0.1) is 25.4 Å². The summed E-state index contributed by atoms with van der Waals surface area (Å²) in [5.41, 5.74) is 0. The number of aliphatic hydroxyl groups is 1. The number of amides is 2. The van der Waals surface area contributed by atoms with E-state index in [0.717, 1.165) is 12.8 Å². The van der Waals surface area contributed by atoms with Crippen molar-refractivity contribution in [2.45, 2.75) is 71.6 Å². The van der Waals surface area contributed by atoms with Crippen LogP contribution in [0.3, 0.4) is 0 Å². The molecule has 1 saturated carbocycles. The largest absolute Gasteiger partial charge is 0.389 e. The Balaban J connectivity index is 2.46. The lowest BCUT2D eigenvalue weighted by molar-refractivity contribution is -0.0182. The number of ether oxygens (including phenoxy) is 1. The average molecular weight is 300 g/mol. The zero-order valence-electron chi connectivity index (χ0n) is 14.0. The van der Waals surface area contributed by atoms with Gasteiger partial charge in [0.15, 0.2) is 0 Å². The maximum atomic E-state index is 12.4. The lowest BCUT2D eigenvalue weighted by Crippen LogP contribution is -2.49. The highest BCUT2D eigenvalue weighted by Crippen LogP contribution is 2.21. The highest BCUT2D eigenvalue weighted by atomic mass is 16.5. The van der Waals surface area contributed by atoms with Gasteiger partial charge in [-0.2, -0.15) is 0 Å². The number of aliphatic hydroxyl groups excluding tert-OH is 1. The summed E-state index contributed by atoms with van der Waals surface area (Å²) in [6, 6.07) is 0.0640. The number of carbonyl (C=O) groups is 1. The standard InChI is InChI=1S/C16H32N2O3/c1-5-17(6-2)16(20)18(13(3)4)11-14(19)12-21-15-9-7-8-10-15/h13-15,19H,5-12H2,1-4H3. The molecule has 5 heteroatoms. The molecule has 1 aliphatic rings. The van der Waals surface area contributed by atoms with Crippen LogP contribution in [0.1, 0.15) is 53.4 Å². The molecule has 5 nitrogen and oxygen atoms in total. The predicted octanol–water partition coefficient (Wildman–Crippen LogP) is 2.48. The van der Waals surface area contributed by atoms with Crippen LogP contribution < -0.4 is 0 Å². The van der Waals surface area contributed by atoms with Crippen molar-refractivity contribution in [2.75, 3.05) is 26.2 Å². The third kappa shape index (κ3) is 5.83. The van der Waals surface area contributed by atoms with Crippen molar-refractivity contribution in [2.24, 2.45) is 0 Å². The van der Waals surface area contributed by atoms with Crippen molar-refractivity contribution < 1.29 is 14.6 Å². The van der Waals surface area contributed by atoms with Crippen molar-refractivity contribution >= 4 is 6.03 Å². The SMILES string of the molecule is CCN(CC)C(=O)N(CC(O)COC1CCCC1)C(C)C. The number of carbonyl (C=O) groups excluding carboxylic acids is 1. The number of hydrogen-bond donors (Lipinski definition) is 1. The van der Waals surface area contributed by atoms with Gasteiger partial charge in [-0.15, -0.1) is 0 Å². The summed E-state index contributed by atoms with van der Waals surface area (Å²) in [4.78, 5) is 16.0. The Bertz CT molecular complexity index is 300. The summed E-state index contributed by atoms with van der Waals surface area (Å²) in [5.74, 6) is 0. The Morgan fingerprint density at radius 1 is 1.24 bits per heavy atom. The van der Waals surface area contributed by atoms with E-state index in [0.29, 0.717) is 32.3 Å². The van der Waals surface area contributed by atoms with Gasteiger partial charge in [-0.3, -0.25) is 0 Å². The summed E-state index contributed by atoms with van der Waals surface area (Å²) in [5, 5.41) is 10.2. The molecule has 0 aromatic carbocycles. The van der Waals surface area contributed by atoms with Crippen LogP contribution in [-0.2, 0) is 4.74 Å². The second-order valence-corrected chi connectivity index (χ2v) is 6.09. The fourth-order valence-corrected chi connectivity index (χ4v) is 2.77. The molecular formula is C16H32N2O3. The predicted molar refractivity (Wildman–Crippen MR) is 84.4 cm³/mol. The van der Waals surface area contributed by atoms with Gasteiger partial charge in [0.25, 0.3) is 0 Å². The lowest BCUT2D eigenvalue weighted by Gasteiger charge is -2.33. The normalized spacial score (nSPS) is 17.2. The molecule has 21 heavy (non-hydrogen) atoms. The van der Waals surface area contributed by atoms with Crippen molar-refractivity contribution in [3.63, 3.8) is 0 Å². The Hall–Kier alpha value is -0.810. The highest BCUT2D eigenvalue weighted by Gasteiger charge is 2.25. The first-order valence-corrected chi connectivity index (χ1v) is 8.34. The van der Waals surface area contributed by atoms with E-state index in [2.05, 4.69) is 0 Å². The summed E-state index contributed by atoms with van der Waals surface area (Å²) in [6.45, 7) is 9.93. The number of urea groups is 1. The topological polar surface area (TPSA) is 53.0 Å². The first-order chi connectivity index (χ1) is 9.99. The van der Waals surface area contributed by atoms with Crippen LogP contribution in [0.5, 0.6) is 0 Å². The van der Waals surface area contributed by atoms with Gasteiger partial charge in [0.1, 0.15) is 0 Å². The molecule has 0 radical (unpaired) electrons. The Morgan fingerprint density at radius 2 is 1.81 bits per heavy atom. The molecule has 0 aromatic rings. The molecule has 2 amide bonds. The van der Waals surface area contributed by atoms with Crippen LogP contribution in [0.4, 0.5) is 4.79 Å². The van der Waals surface area contributed by atoms with Crippen LogP contribution in [0.2, 0.25) is 0 Å². The van der Waals surface area contributed by atoms with Crippen molar-refractivity contribution in [3.8, 4) is 0 Å². The molecule has 1 unspecified atom stereocenters. The Labute approximate surface area is 129 Å². The van der Waals surface area contributed by atoms with E-state index in [1.807, 2.05) is 27.7 Å². The molecule has 1 atom stereocenters. The third-order valence-electron chi connectivity index (χ3n) is 4.14. The van der Waals surface area contributed by atoms with E-state index >= 15 is 0 Å². The van der Waals surface area contributed by atoms with E-state index in [4.69, 9.17) is 4.74 Å². The minimum atomic E-state index is -0.618. The summed E-state index contributed by atoms with van der Waals surface area (Å²) in [7, 11) is 0. The van der Waals surface area contributed by atoms with Crippen LogP contribution in [0.25, 0.3) is 0 Å². The quantitative estimate of drug-likeness (QED) is 0.749. The molecule has 1 rings (SSSR count). The van der Waals surface area contributed by atoms with E-state index in [1.165, 1.54) is 12.8 Å². The van der Waals surface area contributed by atoms with Gasteiger partial charge in [-0.05, 0) is 40.5 Å². The second kappa shape index (κ2) is 9.26. The van der Waals surface area contributed by atoms with Crippen molar-refractivity contribution in [1.82, 2.24) is 9.80 Å². The minimum Gasteiger partial charge on any atom is -0.389 e. The molecular weight excluding hydrogens is 268 g/mol. The van der Waals surface area contributed by atoms with E-state index in [9.17, 15) is 9.90 Å². The number of hydrogen-bond acceptors (Lipinski definition) is 3. The molecule has 0 aliphatic heterocycles. The van der Waals surface area contributed by atoms with Crippen LogP contribution in [0, 0.1) is 0 Å². The Morgan fingerprint density at radius 3 is 2.29 bits per heavy atom. The first-order valence-electron chi connectivity index (χ1n) is 8.34. The van der Waals surface area contributed by atoms with Crippen LogP contribution in [-0.4, -0.2) is 65.4 Å². The smallest absolute Gasteiger partial charge is 0.320 e. The second-order valence-electron chi connectivity index (χ2n) is 6.09. The zero-order valence-corrected chi connectivity index (χ0v) is 14.0. The average Bonchev–Trinajstić information content (AvgIpc) is 2.96. The molecule has 0 bridgehead atoms. The van der Waals surface area contributed by atoms with Gasteiger partial charge in [-0.1, -0.05) is 12.8 Å². The van der Waals surface area contributed by atoms with Crippen molar-refractivity contribution in [3.05, 3.63) is 0 Å². The maximum Gasteiger partial charge on any atom is 0.320 e. The van der Waals surface area contributed by atoms with E-state index in [1.54, 1.807) is 9.80 Å². The summed E-state index contributed by atoms with van der Waals surface area (Å²) < 4.78 is 5.74.